The third-order valence-electron chi connectivity index (χ3n) is 2.91. The van der Waals surface area contributed by atoms with Crippen LogP contribution < -0.4 is 5.32 Å². The van der Waals surface area contributed by atoms with Gasteiger partial charge in [0, 0.05) is 24.6 Å². The smallest absolute Gasteiger partial charge is 0.237 e. The molecule has 1 N–H and O–H groups in total. The molecule has 0 aliphatic carbocycles. The number of amides is 1. The van der Waals surface area contributed by atoms with Crippen LogP contribution >= 0.6 is 0 Å². The lowest BCUT2D eigenvalue weighted by atomic mass is 10.1. The Kier molecular flexibility index (Phi) is 22.2. The van der Waals surface area contributed by atoms with Crippen LogP contribution in [0.4, 0.5) is 0 Å². The van der Waals surface area contributed by atoms with Crippen molar-refractivity contribution in [2.24, 2.45) is 0 Å². The van der Waals surface area contributed by atoms with Crippen molar-refractivity contribution in [3.05, 3.63) is 48.6 Å². The number of aldehydes is 3. The first-order valence-corrected chi connectivity index (χ1v) is 8.31. The summed E-state index contributed by atoms with van der Waals surface area (Å²) in [6.07, 6.45) is 8.88. The first-order chi connectivity index (χ1) is 12.4. The minimum atomic E-state index is -0.194. The molecule has 0 rings (SSSR count). The van der Waals surface area contributed by atoms with E-state index in [0.717, 1.165) is 6.29 Å². The van der Waals surface area contributed by atoms with E-state index in [4.69, 9.17) is 0 Å². The molecule has 0 aliphatic rings. The van der Waals surface area contributed by atoms with Gasteiger partial charge in [0.05, 0.1) is 6.04 Å². The fourth-order valence-electron chi connectivity index (χ4n) is 1.68. The Balaban J connectivity index is -0.000000371. The van der Waals surface area contributed by atoms with Gasteiger partial charge in [0.15, 0.2) is 12.6 Å². The number of hydrogen-bond donors (Lipinski definition) is 1. The van der Waals surface area contributed by atoms with Gasteiger partial charge in [0.2, 0.25) is 5.91 Å². The third kappa shape index (κ3) is 13.8. The lowest BCUT2D eigenvalue weighted by Crippen LogP contribution is -2.42. The molecule has 146 valence electrons. The Bertz CT molecular complexity index is 478. The molecule has 0 saturated heterocycles. The molecule has 0 heterocycles. The molecule has 0 fully saturated rings. The van der Waals surface area contributed by atoms with Gasteiger partial charge in [-0.25, -0.2) is 0 Å². The topological polar surface area (TPSA) is 83.5 Å². The summed E-state index contributed by atoms with van der Waals surface area (Å²) >= 11 is 0. The zero-order chi connectivity index (χ0) is 21.0. The number of carbonyl (C=O) groups is 4. The van der Waals surface area contributed by atoms with E-state index in [1.165, 1.54) is 24.3 Å². The first kappa shape index (κ1) is 28.2. The molecular formula is C20H32N2O4. The second-order valence-electron chi connectivity index (χ2n) is 4.79. The quantitative estimate of drug-likeness (QED) is 0.365. The van der Waals surface area contributed by atoms with Crippen molar-refractivity contribution in [3.8, 4) is 0 Å². The predicted octanol–water partition coefficient (Wildman–Crippen LogP) is 2.28. The van der Waals surface area contributed by atoms with Crippen LogP contribution in [0.3, 0.4) is 0 Å². The van der Waals surface area contributed by atoms with E-state index in [-0.39, 0.29) is 11.9 Å². The molecule has 1 unspecified atom stereocenters. The Morgan fingerprint density at radius 3 is 1.65 bits per heavy atom. The van der Waals surface area contributed by atoms with E-state index in [0.29, 0.717) is 36.6 Å². The second-order valence-corrected chi connectivity index (χ2v) is 4.79. The van der Waals surface area contributed by atoms with Crippen LogP contribution in [0, 0.1) is 0 Å². The van der Waals surface area contributed by atoms with Crippen molar-refractivity contribution in [2.75, 3.05) is 21.1 Å². The molecule has 0 aromatic carbocycles. The minimum absolute atomic E-state index is 0.0400. The number of hydrogen-bond acceptors (Lipinski definition) is 5. The molecule has 6 heteroatoms. The van der Waals surface area contributed by atoms with Crippen LogP contribution in [0.25, 0.3) is 0 Å². The molecule has 1 amide bonds. The van der Waals surface area contributed by atoms with Gasteiger partial charge in [0.25, 0.3) is 0 Å². The number of carbonyl (C=O) groups excluding carboxylic acids is 4. The highest BCUT2D eigenvalue weighted by Crippen LogP contribution is 2.04. The van der Waals surface area contributed by atoms with E-state index in [1.54, 1.807) is 7.05 Å². The van der Waals surface area contributed by atoms with Gasteiger partial charge in [-0.05, 0) is 20.5 Å². The fourth-order valence-corrected chi connectivity index (χ4v) is 1.68. The van der Waals surface area contributed by atoms with Gasteiger partial charge in [-0.15, -0.1) is 0 Å². The van der Waals surface area contributed by atoms with Crippen molar-refractivity contribution in [2.45, 2.75) is 32.7 Å². The highest BCUT2D eigenvalue weighted by molar-refractivity contribution is 5.95. The molecule has 0 radical (unpaired) electrons. The summed E-state index contributed by atoms with van der Waals surface area (Å²) in [5, 5.41) is 2.56. The summed E-state index contributed by atoms with van der Waals surface area (Å²) in [6, 6.07) is -0.194. The van der Waals surface area contributed by atoms with Crippen molar-refractivity contribution in [3.63, 3.8) is 0 Å². The van der Waals surface area contributed by atoms with Crippen molar-refractivity contribution in [1.82, 2.24) is 10.2 Å². The van der Waals surface area contributed by atoms with E-state index >= 15 is 0 Å². The van der Waals surface area contributed by atoms with Crippen molar-refractivity contribution >= 4 is 24.8 Å². The Morgan fingerprint density at radius 2 is 1.42 bits per heavy atom. The van der Waals surface area contributed by atoms with Gasteiger partial charge in [-0.1, -0.05) is 51.3 Å². The number of nitrogens with zero attached hydrogens (tertiary/aromatic N) is 1. The number of rotatable bonds is 10. The van der Waals surface area contributed by atoms with E-state index < -0.39 is 0 Å². The Morgan fingerprint density at radius 1 is 1.00 bits per heavy atom. The predicted molar refractivity (Wildman–Crippen MR) is 107 cm³/mol. The molecule has 0 bridgehead atoms. The van der Waals surface area contributed by atoms with Crippen LogP contribution in [0.2, 0.25) is 0 Å². The SMILES string of the molecule is C=C/C=C(C=O)\C(C=O)=C/C=C.CC.CNC(=O)C(CCC=O)N(C)C. The van der Waals surface area contributed by atoms with E-state index in [1.807, 2.05) is 32.8 Å². The lowest BCUT2D eigenvalue weighted by Gasteiger charge is -2.21. The zero-order valence-electron chi connectivity index (χ0n) is 16.5. The monoisotopic (exact) mass is 364 g/mol. The van der Waals surface area contributed by atoms with Crippen LogP contribution in [0.1, 0.15) is 26.7 Å². The number of nitrogens with one attached hydrogen (secondary N) is 1. The minimum Gasteiger partial charge on any atom is -0.358 e. The van der Waals surface area contributed by atoms with Crippen LogP contribution in [-0.2, 0) is 19.2 Å². The fraction of sp³-hybridized carbons (Fsp3) is 0.400. The second kappa shape index (κ2) is 20.4. The van der Waals surface area contributed by atoms with Crippen LogP contribution in [0.5, 0.6) is 0 Å². The Hall–Kier alpha value is -2.60. The molecule has 0 aromatic rings. The average molecular weight is 364 g/mol. The molecule has 1 atom stereocenters. The van der Waals surface area contributed by atoms with Gasteiger partial charge in [-0.3, -0.25) is 19.3 Å². The van der Waals surface area contributed by atoms with Crippen LogP contribution in [-0.4, -0.2) is 56.9 Å². The van der Waals surface area contributed by atoms with Gasteiger partial charge in [0.1, 0.15) is 6.29 Å². The lowest BCUT2D eigenvalue weighted by molar-refractivity contribution is -0.125. The van der Waals surface area contributed by atoms with Crippen molar-refractivity contribution < 1.29 is 19.2 Å². The van der Waals surface area contributed by atoms with E-state index in [9.17, 15) is 19.2 Å². The third-order valence-corrected chi connectivity index (χ3v) is 2.91. The highest BCUT2D eigenvalue weighted by atomic mass is 16.2. The maximum Gasteiger partial charge on any atom is 0.237 e. The molecule has 0 aliphatic heterocycles. The van der Waals surface area contributed by atoms with Crippen LogP contribution in [0.15, 0.2) is 48.6 Å². The molecule has 0 saturated carbocycles. The highest BCUT2D eigenvalue weighted by Gasteiger charge is 2.18. The maximum absolute atomic E-state index is 11.2. The zero-order valence-corrected chi connectivity index (χ0v) is 16.5. The summed E-state index contributed by atoms with van der Waals surface area (Å²) < 4.78 is 0. The largest absolute Gasteiger partial charge is 0.358 e. The summed E-state index contributed by atoms with van der Waals surface area (Å²) in [6.45, 7) is 10.8. The normalized spacial score (nSPS) is 11.6. The maximum atomic E-state index is 11.2. The van der Waals surface area contributed by atoms with Crippen molar-refractivity contribution in [1.29, 1.82) is 0 Å². The number of allylic oxidation sites excluding steroid dienone is 6. The molecule has 0 spiro atoms. The van der Waals surface area contributed by atoms with Gasteiger partial charge < -0.3 is 10.1 Å². The van der Waals surface area contributed by atoms with Gasteiger partial charge in [-0.2, -0.15) is 0 Å². The molecule has 26 heavy (non-hydrogen) atoms. The summed E-state index contributed by atoms with van der Waals surface area (Å²) in [5.74, 6) is -0.0400. The molecule has 6 nitrogen and oxygen atoms in total. The standard InChI is InChI=1S/C10H10O2.C8H16N2O2.C2H6/c1-3-5-9(7-11)10(8-12)6-4-2;1-9-8(12)7(10(2)3)5-4-6-11;1-2/h3-8H,1-2H2;6-7H,4-5H2,1-3H3,(H,9,12);1-2H3/b9-5-,10-6-;;. The summed E-state index contributed by atoms with van der Waals surface area (Å²) in [7, 11) is 5.25. The average Bonchev–Trinajstić information content (AvgIpc) is 2.66. The van der Waals surface area contributed by atoms with Gasteiger partial charge >= 0.3 is 0 Å². The number of likely N-dealkylation sites (N-methyl/N-ethyl adjacent to an activating group) is 2. The van der Waals surface area contributed by atoms with E-state index in [2.05, 4.69) is 18.5 Å². The summed E-state index contributed by atoms with van der Waals surface area (Å²) in [4.78, 5) is 43.9. The molecule has 0 aromatic heterocycles. The molecular weight excluding hydrogens is 332 g/mol. The first-order valence-electron chi connectivity index (χ1n) is 8.31. The summed E-state index contributed by atoms with van der Waals surface area (Å²) in [5.41, 5.74) is 0.611. The Labute approximate surface area is 157 Å².